The lowest BCUT2D eigenvalue weighted by atomic mass is 10.2. The number of amides is 2. The molecule has 2 aromatic carbocycles. The van der Waals surface area contributed by atoms with E-state index in [1.165, 1.54) is 19.1 Å². The first-order valence-corrected chi connectivity index (χ1v) is 8.85. The molecule has 0 spiro atoms. The zero-order valence-electron chi connectivity index (χ0n) is 16.0. The normalized spacial score (nSPS) is 10.2. The molecule has 0 unspecified atom stereocenters. The van der Waals surface area contributed by atoms with Crippen molar-refractivity contribution in [1.29, 1.82) is 0 Å². The van der Waals surface area contributed by atoms with Gasteiger partial charge in [-0.2, -0.15) is 0 Å². The maximum Gasteiger partial charge on any atom is 0.338 e. The summed E-state index contributed by atoms with van der Waals surface area (Å²) >= 11 is 0. The number of rotatable bonds is 9. The fourth-order valence-corrected chi connectivity index (χ4v) is 2.49. The van der Waals surface area contributed by atoms with Crippen molar-refractivity contribution < 1.29 is 23.9 Å². The molecule has 28 heavy (non-hydrogen) atoms. The van der Waals surface area contributed by atoms with Crippen LogP contribution in [0, 0.1) is 0 Å². The van der Waals surface area contributed by atoms with Crippen LogP contribution < -0.4 is 5.32 Å². The molecule has 0 aliphatic heterocycles. The van der Waals surface area contributed by atoms with Crippen molar-refractivity contribution in [2.75, 3.05) is 32.2 Å². The number of methoxy groups -OCH3 is 1. The highest BCUT2D eigenvalue weighted by molar-refractivity contribution is 5.93. The maximum absolute atomic E-state index is 12.5. The Bertz CT molecular complexity index is 790. The van der Waals surface area contributed by atoms with E-state index in [1.54, 1.807) is 24.1 Å². The Balaban J connectivity index is 1.93. The molecule has 1 N–H and O–H groups in total. The molecule has 2 aromatic rings. The summed E-state index contributed by atoms with van der Waals surface area (Å²) in [6.45, 7) is 2.23. The molecule has 0 atom stereocenters. The quantitative estimate of drug-likeness (QED) is 0.672. The summed E-state index contributed by atoms with van der Waals surface area (Å²) < 4.78 is 10.2. The Morgan fingerprint density at radius 1 is 1.00 bits per heavy atom. The summed E-state index contributed by atoms with van der Waals surface area (Å²) in [5.74, 6) is -1.10. The second-order valence-corrected chi connectivity index (χ2v) is 6.13. The van der Waals surface area contributed by atoms with Crippen LogP contribution in [-0.2, 0) is 25.6 Å². The molecule has 0 aromatic heterocycles. The van der Waals surface area contributed by atoms with Gasteiger partial charge in [0, 0.05) is 32.8 Å². The SMILES string of the molecule is COCCN(Cc1ccccc1)C(=O)COC(=O)c1ccc(NC(C)=O)cc1. The van der Waals surface area contributed by atoms with E-state index in [0.717, 1.165) is 5.56 Å². The lowest BCUT2D eigenvalue weighted by Gasteiger charge is -2.22. The molecular weight excluding hydrogens is 360 g/mol. The van der Waals surface area contributed by atoms with E-state index in [-0.39, 0.29) is 18.4 Å². The highest BCUT2D eigenvalue weighted by Crippen LogP contribution is 2.11. The summed E-state index contributed by atoms with van der Waals surface area (Å²) in [4.78, 5) is 37.3. The molecule has 0 saturated heterocycles. The minimum absolute atomic E-state index is 0.199. The van der Waals surface area contributed by atoms with E-state index < -0.39 is 5.97 Å². The largest absolute Gasteiger partial charge is 0.452 e. The van der Waals surface area contributed by atoms with Crippen molar-refractivity contribution in [3.8, 4) is 0 Å². The fourth-order valence-electron chi connectivity index (χ4n) is 2.49. The van der Waals surface area contributed by atoms with E-state index in [0.29, 0.717) is 30.9 Å². The average molecular weight is 384 g/mol. The number of carbonyl (C=O) groups excluding carboxylic acids is 3. The molecule has 2 rings (SSSR count). The predicted molar refractivity (Wildman–Crippen MR) is 105 cm³/mol. The third-order valence-corrected chi connectivity index (χ3v) is 3.90. The highest BCUT2D eigenvalue weighted by atomic mass is 16.5. The number of benzene rings is 2. The third-order valence-electron chi connectivity index (χ3n) is 3.90. The second-order valence-electron chi connectivity index (χ2n) is 6.13. The Labute approximate surface area is 164 Å². The van der Waals surface area contributed by atoms with Crippen LogP contribution >= 0.6 is 0 Å². The van der Waals surface area contributed by atoms with Gasteiger partial charge in [-0.25, -0.2) is 4.79 Å². The monoisotopic (exact) mass is 384 g/mol. The van der Waals surface area contributed by atoms with E-state index in [2.05, 4.69) is 5.32 Å². The molecule has 0 radical (unpaired) electrons. The van der Waals surface area contributed by atoms with Crippen molar-refractivity contribution in [2.24, 2.45) is 0 Å². The van der Waals surface area contributed by atoms with Crippen molar-refractivity contribution >= 4 is 23.5 Å². The molecule has 7 nitrogen and oxygen atoms in total. The van der Waals surface area contributed by atoms with Crippen molar-refractivity contribution in [3.05, 3.63) is 65.7 Å². The van der Waals surface area contributed by atoms with E-state index in [1.807, 2.05) is 30.3 Å². The zero-order chi connectivity index (χ0) is 20.4. The fraction of sp³-hybridized carbons (Fsp3) is 0.286. The second kappa shape index (κ2) is 10.8. The molecule has 0 aliphatic rings. The molecule has 0 bridgehead atoms. The Kier molecular flexibility index (Phi) is 8.17. The van der Waals surface area contributed by atoms with Gasteiger partial charge in [0.1, 0.15) is 0 Å². The Hall–Kier alpha value is -3.19. The van der Waals surface area contributed by atoms with Crippen LogP contribution in [0.15, 0.2) is 54.6 Å². The number of hydrogen-bond donors (Lipinski definition) is 1. The number of hydrogen-bond acceptors (Lipinski definition) is 5. The lowest BCUT2D eigenvalue weighted by Crippen LogP contribution is -2.36. The van der Waals surface area contributed by atoms with Gasteiger partial charge in [0.15, 0.2) is 6.61 Å². The smallest absolute Gasteiger partial charge is 0.338 e. The number of ether oxygens (including phenoxy) is 2. The average Bonchev–Trinajstić information content (AvgIpc) is 2.70. The minimum atomic E-state index is -0.603. The standard InChI is InChI=1S/C21H24N2O5/c1-16(24)22-19-10-8-18(9-11-19)21(26)28-15-20(25)23(12-13-27-2)14-17-6-4-3-5-7-17/h3-11H,12-15H2,1-2H3,(H,22,24). The highest BCUT2D eigenvalue weighted by Gasteiger charge is 2.17. The van der Waals surface area contributed by atoms with Crippen LogP contribution in [0.4, 0.5) is 5.69 Å². The molecule has 148 valence electrons. The number of esters is 1. The predicted octanol–water partition coefficient (Wildman–Crippen LogP) is 2.48. The van der Waals surface area contributed by atoms with Crippen LogP contribution in [0.25, 0.3) is 0 Å². The van der Waals surface area contributed by atoms with E-state index in [9.17, 15) is 14.4 Å². The summed E-state index contributed by atoms with van der Waals surface area (Å²) in [5, 5.41) is 2.62. The van der Waals surface area contributed by atoms with Crippen LogP contribution in [0.2, 0.25) is 0 Å². The molecule has 0 heterocycles. The molecule has 7 heteroatoms. The van der Waals surface area contributed by atoms with E-state index in [4.69, 9.17) is 9.47 Å². The van der Waals surface area contributed by atoms with Gasteiger partial charge in [-0.15, -0.1) is 0 Å². The number of anilines is 1. The first kappa shape index (κ1) is 21.1. The number of carbonyl (C=O) groups is 3. The molecule has 0 fully saturated rings. The van der Waals surface area contributed by atoms with Gasteiger partial charge in [-0.3, -0.25) is 9.59 Å². The number of nitrogens with zero attached hydrogens (tertiary/aromatic N) is 1. The van der Waals surface area contributed by atoms with Gasteiger partial charge in [-0.05, 0) is 29.8 Å². The zero-order valence-corrected chi connectivity index (χ0v) is 16.0. The molecule has 0 aliphatic carbocycles. The topological polar surface area (TPSA) is 84.9 Å². The lowest BCUT2D eigenvalue weighted by molar-refractivity contribution is -0.135. The van der Waals surface area contributed by atoms with Crippen LogP contribution in [-0.4, -0.2) is 49.6 Å². The summed E-state index contributed by atoms with van der Waals surface area (Å²) in [7, 11) is 1.57. The van der Waals surface area contributed by atoms with Gasteiger partial charge in [0.05, 0.1) is 12.2 Å². The Morgan fingerprint density at radius 3 is 2.29 bits per heavy atom. The van der Waals surface area contributed by atoms with Crippen LogP contribution in [0.5, 0.6) is 0 Å². The summed E-state index contributed by atoms with van der Waals surface area (Å²) in [5.41, 5.74) is 1.86. The van der Waals surface area contributed by atoms with Gasteiger partial charge in [-0.1, -0.05) is 30.3 Å². The summed E-state index contributed by atoms with van der Waals surface area (Å²) in [6.07, 6.45) is 0. The van der Waals surface area contributed by atoms with Crippen molar-refractivity contribution in [2.45, 2.75) is 13.5 Å². The van der Waals surface area contributed by atoms with Gasteiger partial charge in [0.2, 0.25) is 5.91 Å². The van der Waals surface area contributed by atoms with Gasteiger partial charge < -0.3 is 19.7 Å². The molecule has 2 amide bonds. The van der Waals surface area contributed by atoms with Crippen LogP contribution in [0.3, 0.4) is 0 Å². The van der Waals surface area contributed by atoms with Gasteiger partial charge >= 0.3 is 5.97 Å². The van der Waals surface area contributed by atoms with Crippen molar-refractivity contribution in [3.63, 3.8) is 0 Å². The van der Waals surface area contributed by atoms with Gasteiger partial charge in [0.25, 0.3) is 5.91 Å². The first-order valence-electron chi connectivity index (χ1n) is 8.85. The maximum atomic E-state index is 12.5. The molecule has 0 saturated carbocycles. The summed E-state index contributed by atoms with van der Waals surface area (Å²) in [6, 6.07) is 15.8. The van der Waals surface area contributed by atoms with Crippen molar-refractivity contribution in [1.82, 2.24) is 4.90 Å². The third kappa shape index (κ3) is 6.85. The van der Waals surface area contributed by atoms with E-state index >= 15 is 0 Å². The molecular formula is C21H24N2O5. The minimum Gasteiger partial charge on any atom is -0.452 e. The number of nitrogens with one attached hydrogen (secondary N) is 1. The van der Waals surface area contributed by atoms with Crippen LogP contribution in [0.1, 0.15) is 22.8 Å². The Morgan fingerprint density at radius 2 is 1.68 bits per heavy atom. The first-order chi connectivity index (χ1) is 13.5.